The summed E-state index contributed by atoms with van der Waals surface area (Å²) in [5.74, 6) is -0.0140. The van der Waals surface area contributed by atoms with E-state index in [0.717, 1.165) is 25.9 Å². The molecule has 0 unspecified atom stereocenters. The minimum Gasteiger partial charge on any atom is -0.395 e. The monoisotopic (exact) mass is 216 g/mol. The number of amides is 1. The van der Waals surface area contributed by atoms with Gasteiger partial charge >= 0.3 is 0 Å². The van der Waals surface area contributed by atoms with Crippen LogP contribution in [-0.2, 0) is 9.53 Å². The van der Waals surface area contributed by atoms with Gasteiger partial charge in [0.2, 0.25) is 5.91 Å². The minimum absolute atomic E-state index is 0.00249. The average Bonchev–Trinajstić information content (AvgIpc) is 2.27. The second-order valence-corrected chi connectivity index (χ2v) is 3.78. The lowest BCUT2D eigenvalue weighted by atomic mass is 10.1. The van der Waals surface area contributed by atoms with Crippen molar-refractivity contribution in [3.8, 4) is 0 Å². The molecule has 0 atom stereocenters. The number of carbonyl (C=O) groups excluding carboxylic acids is 1. The van der Waals surface area contributed by atoms with Gasteiger partial charge in [0.25, 0.3) is 0 Å². The number of nitrogens with zero attached hydrogens (tertiary/aromatic N) is 1. The highest BCUT2D eigenvalue weighted by molar-refractivity contribution is 5.77. The van der Waals surface area contributed by atoms with Crippen LogP contribution in [0.4, 0.5) is 0 Å². The second kappa shape index (κ2) is 6.76. The Hall–Kier alpha value is -0.650. The molecule has 0 aliphatic carbocycles. The Kier molecular flexibility index (Phi) is 5.60. The predicted molar refractivity (Wildman–Crippen MR) is 56.6 cm³/mol. The molecule has 1 fully saturated rings. The number of nitrogens with one attached hydrogen (secondary N) is 1. The lowest BCUT2D eigenvalue weighted by Crippen LogP contribution is -2.43. The molecule has 1 saturated heterocycles. The minimum atomic E-state index is -0.0140. The molecule has 5 heteroatoms. The van der Waals surface area contributed by atoms with Gasteiger partial charge in [0, 0.05) is 26.7 Å². The van der Waals surface area contributed by atoms with Crippen LogP contribution in [0.25, 0.3) is 0 Å². The van der Waals surface area contributed by atoms with Crippen LogP contribution in [0.3, 0.4) is 0 Å². The van der Waals surface area contributed by atoms with Crippen LogP contribution in [0.5, 0.6) is 0 Å². The number of aliphatic hydroxyl groups excluding tert-OH is 1. The van der Waals surface area contributed by atoms with E-state index in [1.807, 2.05) is 0 Å². The van der Waals surface area contributed by atoms with Crippen LogP contribution in [-0.4, -0.2) is 61.9 Å². The van der Waals surface area contributed by atoms with Crippen LogP contribution < -0.4 is 5.32 Å². The maximum Gasteiger partial charge on any atom is 0.234 e. The molecule has 0 aromatic rings. The lowest BCUT2D eigenvalue weighted by Gasteiger charge is -2.30. The van der Waals surface area contributed by atoms with Gasteiger partial charge < -0.3 is 15.2 Å². The number of carbonyl (C=O) groups is 1. The third kappa shape index (κ3) is 4.59. The molecule has 15 heavy (non-hydrogen) atoms. The van der Waals surface area contributed by atoms with Gasteiger partial charge in [-0.1, -0.05) is 0 Å². The number of hydrogen-bond donors (Lipinski definition) is 2. The molecule has 0 radical (unpaired) electrons. The quantitative estimate of drug-likeness (QED) is 0.632. The Morgan fingerprint density at radius 2 is 2.20 bits per heavy atom. The van der Waals surface area contributed by atoms with Crippen molar-refractivity contribution in [2.75, 3.05) is 39.9 Å². The van der Waals surface area contributed by atoms with Gasteiger partial charge in [-0.15, -0.1) is 0 Å². The molecule has 0 aromatic heterocycles. The van der Waals surface area contributed by atoms with E-state index >= 15 is 0 Å². The molecule has 0 bridgehead atoms. The molecule has 1 heterocycles. The molecule has 88 valence electrons. The Bertz CT molecular complexity index is 191. The summed E-state index contributed by atoms with van der Waals surface area (Å²) in [7, 11) is 1.73. The summed E-state index contributed by atoms with van der Waals surface area (Å²) in [6.45, 7) is 2.58. The van der Waals surface area contributed by atoms with Crippen molar-refractivity contribution in [1.29, 1.82) is 0 Å². The third-order valence-corrected chi connectivity index (χ3v) is 2.67. The highest BCUT2D eigenvalue weighted by atomic mass is 16.5. The van der Waals surface area contributed by atoms with Crippen molar-refractivity contribution < 1.29 is 14.6 Å². The topological polar surface area (TPSA) is 61.8 Å². The molecule has 2 N–H and O–H groups in total. The number of rotatable bonds is 5. The molecule has 1 rings (SSSR count). The fourth-order valence-electron chi connectivity index (χ4n) is 1.76. The van der Waals surface area contributed by atoms with Crippen molar-refractivity contribution in [3.63, 3.8) is 0 Å². The highest BCUT2D eigenvalue weighted by Crippen LogP contribution is 2.11. The van der Waals surface area contributed by atoms with E-state index < -0.39 is 0 Å². The summed E-state index contributed by atoms with van der Waals surface area (Å²) < 4.78 is 5.25. The van der Waals surface area contributed by atoms with Gasteiger partial charge in [0.1, 0.15) is 0 Å². The average molecular weight is 216 g/mol. The molecule has 1 amide bonds. The fraction of sp³-hybridized carbons (Fsp3) is 0.900. The number of aliphatic hydroxyl groups is 1. The Morgan fingerprint density at radius 3 is 2.73 bits per heavy atom. The van der Waals surface area contributed by atoms with Crippen molar-refractivity contribution in [2.24, 2.45) is 0 Å². The number of hydrogen-bond acceptors (Lipinski definition) is 4. The first-order valence-electron chi connectivity index (χ1n) is 5.39. The van der Waals surface area contributed by atoms with Crippen molar-refractivity contribution in [1.82, 2.24) is 10.2 Å². The largest absolute Gasteiger partial charge is 0.395 e. The van der Waals surface area contributed by atoms with Crippen LogP contribution in [0, 0.1) is 0 Å². The van der Waals surface area contributed by atoms with Crippen LogP contribution in [0.1, 0.15) is 12.8 Å². The van der Waals surface area contributed by atoms with Crippen molar-refractivity contribution in [3.05, 3.63) is 0 Å². The van der Waals surface area contributed by atoms with Gasteiger partial charge in [-0.3, -0.25) is 9.69 Å². The summed E-state index contributed by atoms with van der Waals surface area (Å²) in [5, 5.41) is 11.2. The molecule has 1 aliphatic rings. The van der Waals surface area contributed by atoms with Crippen LogP contribution in [0.2, 0.25) is 0 Å². The third-order valence-electron chi connectivity index (χ3n) is 2.67. The molecule has 0 spiro atoms. The van der Waals surface area contributed by atoms with E-state index in [4.69, 9.17) is 9.84 Å². The number of ether oxygens (including phenoxy) is 1. The van der Waals surface area contributed by atoms with Gasteiger partial charge in [-0.2, -0.15) is 0 Å². The Morgan fingerprint density at radius 1 is 1.53 bits per heavy atom. The zero-order chi connectivity index (χ0) is 11.1. The van der Waals surface area contributed by atoms with Crippen LogP contribution >= 0.6 is 0 Å². The smallest absolute Gasteiger partial charge is 0.234 e. The maximum atomic E-state index is 11.3. The fourth-order valence-corrected chi connectivity index (χ4v) is 1.76. The second-order valence-electron chi connectivity index (χ2n) is 3.78. The van der Waals surface area contributed by atoms with E-state index in [0.29, 0.717) is 19.2 Å². The zero-order valence-electron chi connectivity index (χ0n) is 9.24. The first kappa shape index (κ1) is 12.4. The number of likely N-dealkylation sites (tertiary alicyclic amines) is 1. The van der Waals surface area contributed by atoms with Crippen molar-refractivity contribution in [2.45, 2.75) is 18.9 Å². The van der Waals surface area contributed by atoms with Gasteiger partial charge in [0.15, 0.2) is 0 Å². The van der Waals surface area contributed by atoms with Gasteiger partial charge in [-0.25, -0.2) is 0 Å². The molecule has 1 aliphatic heterocycles. The molecular weight excluding hydrogens is 196 g/mol. The van der Waals surface area contributed by atoms with Gasteiger partial charge in [0.05, 0.1) is 19.3 Å². The summed E-state index contributed by atoms with van der Waals surface area (Å²) >= 11 is 0. The number of piperidine rings is 1. The molecule has 0 aromatic carbocycles. The first-order valence-corrected chi connectivity index (χ1v) is 5.39. The van der Waals surface area contributed by atoms with Crippen LogP contribution in [0.15, 0.2) is 0 Å². The summed E-state index contributed by atoms with van der Waals surface area (Å²) in [4.78, 5) is 13.4. The predicted octanol–water partition coefficient (Wildman–Crippen LogP) is -0.794. The van der Waals surface area contributed by atoms with E-state index in [1.54, 1.807) is 7.11 Å². The van der Waals surface area contributed by atoms with E-state index in [9.17, 15) is 4.79 Å². The highest BCUT2D eigenvalue weighted by Gasteiger charge is 2.19. The molecule has 5 nitrogen and oxygen atoms in total. The zero-order valence-corrected chi connectivity index (χ0v) is 9.24. The SMILES string of the molecule is COC1CCN(CC(=O)NCCO)CC1. The number of methoxy groups -OCH3 is 1. The normalized spacial score (nSPS) is 19.1. The lowest BCUT2D eigenvalue weighted by molar-refractivity contribution is -0.123. The summed E-state index contributed by atoms with van der Waals surface area (Å²) in [6, 6.07) is 0. The summed E-state index contributed by atoms with van der Waals surface area (Å²) in [6.07, 6.45) is 2.33. The van der Waals surface area contributed by atoms with Crippen molar-refractivity contribution >= 4 is 5.91 Å². The maximum absolute atomic E-state index is 11.3. The van der Waals surface area contributed by atoms with Gasteiger partial charge in [-0.05, 0) is 12.8 Å². The standard InChI is InChI=1S/C10H20N2O3/c1-15-9-2-5-12(6-3-9)8-10(14)11-4-7-13/h9,13H,2-8H2,1H3,(H,11,14). The van der Waals surface area contributed by atoms with E-state index in [-0.39, 0.29) is 12.5 Å². The van der Waals surface area contributed by atoms with E-state index in [1.165, 1.54) is 0 Å². The first-order chi connectivity index (χ1) is 7.26. The van der Waals surface area contributed by atoms with E-state index in [2.05, 4.69) is 10.2 Å². The summed E-state index contributed by atoms with van der Waals surface area (Å²) in [5.41, 5.74) is 0. The Labute approximate surface area is 90.4 Å². The Balaban J connectivity index is 2.15. The molecular formula is C10H20N2O3. The molecule has 0 saturated carbocycles.